The smallest absolute Gasteiger partial charge is 0.270 e. The number of nitrogens with one attached hydrogen (secondary N) is 1. The van der Waals surface area contributed by atoms with Crippen LogP contribution in [0.4, 0.5) is 0 Å². The first kappa shape index (κ1) is 16.3. The average Bonchev–Trinajstić information content (AvgIpc) is 3.11. The topological polar surface area (TPSA) is 92.6 Å². The summed E-state index contributed by atoms with van der Waals surface area (Å²) in [5.74, 6) is 0.965. The molecule has 1 aliphatic rings. The van der Waals surface area contributed by atoms with Gasteiger partial charge < -0.3 is 14.6 Å². The molecule has 26 heavy (non-hydrogen) atoms. The van der Waals surface area contributed by atoms with Crippen molar-refractivity contribution >= 4 is 11.6 Å². The third kappa shape index (κ3) is 2.83. The first-order chi connectivity index (χ1) is 12.7. The standard InChI is InChI=1S/C18H19N5O3/c1-26-15-10-19-13(9-14(15)24)18(25)22-7-4-5-12(11-22)17-21-20-16-6-2-3-8-23(16)17/h2-3,6,8-10,12H,4-5,7,11H2,1H3,(H,19,24)/t12-/m1/s1. The lowest BCUT2D eigenvalue weighted by molar-refractivity contribution is 0.0698. The third-order valence-corrected chi connectivity index (χ3v) is 4.74. The molecule has 1 saturated heterocycles. The maximum Gasteiger partial charge on any atom is 0.270 e. The summed E-state index contributed by atoms with van der Waals surface area (Å²) in [6, 6.07) is 7.06. The molecule has 0 radical (unpaired) electrons. The van der Waals surface area contributed by atoms with Gasteiger partial charge in [-0.1, -0.05) is 6.07 Å². The lowest BCUT2D eigenvalue weighted by Gasteiger charge is -2.31. The van der Waals surface area contributed by atoms with E-state index in [1.54, 1.807) is 4.90 Å². The van der Waals surface area contributed by atoms with Gasteiger partial charge in [0.25, 0.3) is 5.91 Å². The number of nitrogens with zero attached hydrogens (tertiary/aromatic N) is 4. The molecule has 1 atom stereocenters. The van der Waals surface area contributed by atoms with Gasteiger partial charge in [-0.3, -0.25) is 14.0 Å². The number of hydrogen-bond acceptors (Lipinski definition) is 5. The molecule has 0 aromatic carbocycles. The predicted molar refractivity (Wildman–Crippen MR) is 94.5 cm³/mol. The van der Waals surface area contributed by atoms with Crippen LogP contribution in [0.2, 0.25) is 0 Å². The number of carbonyl (C=O) groups is 1. The van der Waals surface area contributed by atoms with Crippen molar-refractivity contribution in [1.29, 1.82) is 0 Å². The number of rotatable bonds is 3. The molecule has 8 heteroatoms. The Bertz CT molecular complexity index is 1010. The Morgan fingerprint density at radius 2 is 2.23 bits per heavy atom. The van der Waals surface area contributed by atoms with Gasteiger partial charge >= 0.3 is 0 Å². The molecule has 4 heterocycles. The van der Waals surface area contributed by atoms with Gasteiger partial charge in [-0.25, -0.2) is 0 Å². The van der Waals surface area contributed by atoms with Crippen molar-refractivity contribution in [1.82, 2.24) is 24.5 Å². The number of fused-ring (bicyclic) bond motifs is 1. The lowest BCUT2D eigenvalue weighted by atomic mass is 9.97. The Labute approximate surface area is 149 Å². The van der Waals surface area contributed by atoms with E-state index < -0.39 is 0 Å². The number of hydrogen-bond donors (Lipinski definition) is 1. The number of aromatic nitrogens is 4. The van der Waals surface area contributed by atoms with Gasteiger partial charge in [-0.2, -0.15) is 0 Å². The fraction of sp³-hybridized carbons (Fsp3) is 0.333. The number of H-pyrrole nitrogens is 1. The summed E-state index contributed by atoms with van der Waals surface area (Å²) in [5.41, 5.74) is 0.750. The molecule has 134 valence electrons. The molecule has 3 aromatic rings. The highest BCUT2D eigenvalue weighted by Crippen LogP contribution is 2.26. The van der Waals surface area contributed by atoms with Crippen molar-refractivity contribution in [3.63, 3.8) is 0 Å². The van der Waals surface area contributed by atoms with E-state index in [4.69, 9.17) is 4.74 Å². The second-order valence-electron chi connectivity index (χ2n) is 6.36. The largest absolute Gasteiger partial charge is 0.491 e. The summed E-state index contributed by atoms with van der Waals surface area (Å²) in [6.45, 7) is 1.20. The van der Waals surface area contributed by atoms with Gasteiger partial charge in [0, 0.05) is 37.5 Å². The summed E-state index contributed by atoms with van der Waals surface area (Å²) < 4.78 is 6.91. The molecule has 1 amide bonds. The minimum absolute atomic E-state index is 0.107. The van der Waals surface area contributed by atoms with E-state index in [0.717, 1.165) is 24.3 Å². The minimum atomic E-state index is -0.313. The highest BCUT2D eigenvalue weighted by atomic mass is 16.5. The lowest BCUT2D eigenvalue weighted by Crippen LogP contribution is -2.40. The summed E-state index contributed by atoms with van der Waals surface area (Å²) in [6.07, 6.45) is 5.17. The van der Waals surface area contributed by atoms with Gasteiger partial charge in [-0.05, 0) is 25.0 Å². The van der Waals surface area contributed by atoms with E-state index in [2.05, 4.69) is 15.2 Å². The van der Waals surface area contributed by atoms with Crippen LogP contribution >= 0.6 is 0 Å². The molecule has 0 bridgehead atoms. The SMILES string of the molecule is COc1c[nH]c(C(=O)N2CCC[C@@H](c3nnc4ccccn34)C2)cc1=O. The zero-order valence-corrected chi connectivity index (χ0v) is 14.4. The normalized spacial score (nSPS) is 17.4. The predicted octanol–water partition coefficient (Wildman–Crippen LogP) is 1.45. The van der Waals surface area contributed by atoms with Crippen molar-refractivity contribution in [2.24, 2.45) is 0 Å². The molecule has 1 N–H and O–H groups in total. The Hall–Kier alpha value is -3.16. The first-order valence-corrected chi connectivity index (χ1v) is 8.53. The van der Waals surface area contributed by atoms with E-state index in [9.17, 15) is 9.59 Å². The highest BCUT2D eigenvalue weighted by Gasteiger charge is 2.29. The molecule has 4 rings (SSSR count). The van der Waals surface area contributed by atoms with Crippen LogP contribution in [0, 0.1) is 0 Å². The minimum Gasteiger partial charge on any atom is -0.491 e. The fourth-order valence-corrected chi connectivity index (χ4v) is 3.42. The number of methoxy groups -OCH3 is 1. The first-order valence-electron chi connectivity index (χ1n) is 8.53. The number of carbonyl (C=O) groups excluding carboxylic acids is 1. The van der Waals surface area contributed by atoms with Crippen LogP contribution in [0.5, 0.6) is 5.75 Å². The Morgan fingerprint density at radius 3 is 3.04 bits per heavy atom. The molecule has 0 spiro atoms. The number of pyridine rings is 2. The van der Waals surface area contributed by atoms with Crippen LogP contribution in [0.25, 0.3) is 5.65 Å². The van der Waals surface area contributed by atoms with Crippen molar-refractivity contribution in [2.75, 3.05) is 20.2 Å². The second-order valence-corrected chi connectivity index (χ2v) is 6.36. The zero-order chi connectivity index (χ0) is 18.1. The third-order valence-electron chi connectivity index (χ3n) is 4.74. The summed E-state index contributed by atoms with van der Waals surface area (Å²) in [4.78, 5) is 29.3. The highest BCUT2D eigenvalue weighted by molar-refractivity contribution is 5.92. The number of amides is 1. The van der Waals surface area contributed by atoms with Crippen LogP contribution in [0.3, 0.4) is 0 Å². The van der Waals surface area contributed by atoms with Crippen LogP contribution in [-0.2, 0) is 0 Å². The van der Waals surface area contributed by atoms with Crippen LogP contribution in [0.1, 0.15) is 35.1 Å². The van der Waals surface area contributed by atoms with E-state index >= 15 is 0 Å². The van der Waals surface area contributed by atoms with Crippen LogP contribution in [-0.4, -0.2) is 50.6 Å². The monoisotopic (exact) mass is 353 g/mol. The van der Waals surface area contributed by atoms with E-state index in [1.807, 2.05) is 28.8 Å². The molecule has 3 aromatic heterocycles. The van der Waals surface area contributed by atoms with E-state index in [1.165, 1.54) is 19.4 Å². The summed E-state index contributed by atoms with van der Waals surface area (Å²) in [5, 5.41) is 8.52. The zero-order valence-electron chi connectivity index (χ0n) is 14.4. The van der Waals surface area contributed by atoms with Gasteiger partial charge in [0.1, 0.15) is 11.5 Å². The Morgan fingerprint density at radius 1 is 1.35 bits per heavy atom. The van der Waals surface area contributed by atoms with Crippen molar-refractivity contribution < 1.29 is 9.53 Å². The Kier molecular flexibility index (Phi) is 4.16. The van der Waals surface area contributed by atoms with Crippen molar-refractivity contribution in [3.8, 4) is 5.75 Å². The maximum atomic E-state index is 12.8. The van der Waals surface area contributed by atoms with Crippen LogP contribution < -0.4 is 10.2 Å². The van der Waals surface area contributed by atoms with E-state index in [-0.39, 0.29) is 28.7 Å². The number of aromatic amines is 1. The molecule has 0 aliphatic carbocycles. The number of likely N-dealkylation sites (tertiary alicyclic amines) is 1. The number of ether oxygens (including phenoxy) is 1. The molecule has 1 fully saturated rings. The second kappa shape index (κ2) is 6.62. The molecule has 1 aliphatic heterocycles. The summed E-state index contributed by atoms with van der Waals surface area (Å²) >= 11 is 0. The summed E-state index contributed by atoms with van der Waals surface area (Å²) in [7, 11) is 1.42. The molecule has 0 unspecified atom stereocenters. The molecular formula is C18H19N5O3. The Balaban J connectivity index is 1.57. The molecule has 0 saturated carbocycles. The fourth-order valence-electron chi connectivity index (χ4n) is 3.42. The number of piperidine rings is 1. The quantitative estimate of drug-likeness (QED) is 0.769. The van der Waals surface area contributed by atoms with Gasteiger partial charge in [-0.15, -0.1) is 10.2 Å². The maximum absolute atomic E-state index is 12.8. The van der Waals surface area contributed by atoms with Gasteiger partial charge in [0.05, 0.1) is 7.11 Å². The van der Waals surface area contributed by atoms with Gasteiger partial charge in [0.2, 0.25) is 5.43 Å². The molecule has 8 nitrogen and oxygen atoms in total. The van der Waals surface area contributed by atoms with Crippen molar-refractivity contribution in [2.45, 2.75) is 18.8 Å². The van der Waals surface area contributed by atoms with Crippen molar-refractivity contribution in [3.05, 3.63) is 58.4 Å². The van der Waals surface area contributed by atoms with Crippen LogP contribution in [0.15, 0.2) is 41.5 Å². The molecular weight excluding hydrogens is 334 g/mol. The average molecular weight is 353 g/mol. The van der Waals surface area contributed by atoms with E-state index in [0.29, 0.717) is 13.1 Å². The van der Waals surface area contributed by atoms with Gasteiger partial charge in [0.15, 0.2) is 11.4 Å².